The average Bonchev–Trinajstić information content (AvgIpc) is 2.79. The van der Waals surface area contributed by atoms with Crippen molar-refractivity contribution in [3.05, 3.63) is 30.3 Å². The van der Waals surface area contributed by atoms with E-state index in [1.165, 1.54) is 0 Å². The summed E-state index contributed by atoms with van der Waals surface area (Å²) in [6, 6.07) is 8.99. The number of anilines is 1. The van der Waals surface area contributed by atoms with Crippen molar-refractivity contribution in [1.82, 2.24) is 9.29 Å². The van der Waals surface area contributed by atoms with Gasteiger partial charge in [-0.15, -0.1) is 0 Å². The highest BCUT2D eigenvalue weighted by Gasteiger charge is 2.29. The zero-order valence-corrected chi connectivity index (χ0v) is 19.1. The van der Waals surface area contributed by atoms with E-state index < -0.39 is 10.0 Å². The smallest absolute Gasteiger partial charge is 0.310 e. The van der Waals surface area contributed by atoms with Gasteiger partial charge in [-0.05, 0) is 68.9 Å². The Balaban J connectivity index is 1.54. The molecule has 4 rings (SSSR count). The SMILES string of the molecule is CCOC(=O)[C@@H]1CCCN(c2ccc3cc(S(=O)(=O)N4CCC(C)CC4)ccc3n2)C1. The van der Waals surface area contributed by atoms with Crippen molar-refractivity contribution in [3.63, 3.8) is 0 Å². The fraction of sp³-hybridized carbons (Fsp3) is 0.565. The summed E-state index contributed by atoms with van der Waals surface area (Å²) in [5.41, 5.74) is 0.752. The maximum absolute atomic E-state index is 13.1. The molecule has 2 fully saturated rings. The maximum Gasteiger partial charge on any atom is 0.310 e. The summed E-state index contributed by atoms with van der Waals surface area (Å²) in [7, 11) is -3.49. The van der Waals surface area contributed by atoms with Crippen LogP contribution in [0, 0.1) is 11.8 Å². The van der Waals surface area contributed by atoms with Gasteiger partial charge < -0.3 is 9.64 Å². The average molecular weight is 446 g/mol. The van der Waals surface area contributed by atoms with E-state index in [0.717, 1.165) is 48.9 Å². The molecule has 0 bridgehead atoms. The highest BCUT2D eigenvalue weighted by atomic mass is 32.2. The van der Waals surface area contributed by atoms with Crippen molar-refractivity contribution in [2.45, 2.75) is 44.4 Å². The molecule has 0 spiro atoms. The zero-order chi connectivity index (χ0) is 22.0. The van der Waals surface area contributed by atoms with E-state index in [1.807, 2.05) is 19.1 Å². The molecule has 0 N–H and O–H groups in total. The Bertz CT molecular complexity index is 1050. The zero-order valence-electron chi connectivity index (χ0n) is 18.3. The minimum atomic E-state index is -3.49. The summed E-state index contributed by atoms with van der Waals surface area (Å²) in [6.45, 7) is 6.98. The van der Waals surface area contributed by atoms with E-state index in [2.05, 4.69) is 11.8 Å². The van der Waals surface area contributed by atoms with E-state index >= 15 is 0 Å². The van der Waals surface area contributed by atoms with E-state index in [0.29, 0.717) is 37.1 Å². The Hall–Kier alpha value is -2.19. The number of aromatic nitrogens is 1. The van der Waals surface area contributed by atoms with Crippen LogP contribution < -0.4 is 4.90 Å². The van der Waals surface area contributed by atoms with Gasteiger partial charge in [-0.3, -0.25) is 4.79 Å². The van der Waals surface area contributed by atoms with Gasteiger partial charge >= 0.3 is 5.97 Å². The van der Waals surface area contributed by atoms with Crippen molar-refractivity contribution in [3.8, 4) is 0 Å². The molecule has 0 saturated carbocycles. The third kappa shape index (κ3) is 4.70. The predicted molar refractivity (Wildman–Crippen MR) is 120 cm³/mol. The van der Waals surface area contributed by atoms with Crippen LogP contribution in [-0.2, 0) is 19.6 Å². The highest BCUT2D eigenvalue weighted by Crippen LogP contribution is 2.28. The molecular formula is C23H31N3O4S. The molecule has 2 aliphatic rings. The number of hydrogen-bond donors (Lipinski definition) is 0. The summed E-state index contributed by atoms with van der Waals surface area (Å²) >= 11 is 0. The molecule has 0 unspecified atom stereocenters. The number of ether oxygens (including phenoxy) is 1. The monoisotopic (exact) mass is 445 g/mol. The minimum absolute atomic E-state index is 0.133. The van der Waals surface area contributed by atoms with Crippen molar-refractivity contribution in [1.29, 1.82) is 0 Å². The number of benzene rings is 1. The lowest BCUT2D eigenvalue weighted by Gasteiger charge is -2.32. The van der Waals surface area contributed by atoms with Gasteiger partial charge in [-0.2, -0.15) is 4.31 Å². The van der Waals surface area contributed by atoms with Gasteiger partial charge in [0.1, 0.15) is 5.82 Å². The third-order valence-corrected chi connectivity index (χ3v) is 8.29. The van der Waals surface area contributed by atoms with Crippen LogP contribution in [0.2, 0.25) is 0 Å². The second-order valence-corrected chi connectivity index (χ2v) is 10.6. The van der Waals surface area contributed by atoms with Gasteiger partial charge in [0.15, 0.2) is 0 Å². The number of rotatable bonds is 5. The maximum atomic E-state index is 13.1. The molecule has 1 atom stereocenters. The van der Waals surface area contributed by atoms with E-state index in [-0.39, 0.29) is 11.9 Å². The van der Waals surface area contributed by atoms with Gasteiger partial charge in [0, 0.05) is 31.6 Å². The predicted octanol–water partition coefficient (Wildman–Crippen LogP) is 3.43. The summed E-state index contributed by atoms with van der Waals surface area (Å²) in [5.74, 6) is 1.10. The Kier molecular flexibility index (Phi) is 6.48. The van der Waals surface area contributed by atoms with Crippen LogP contribution in [0.5, 0.6) is 0 Å². The van der Waals surface area contributed by atoms with Crippen molar-refractivity contribution >= 4 is 32.7 Å². The molecule has 0 radical (unpaired) electrons. The second kappa shape index (κ2) is 9.12. The lowest BCUT2D eigenvalue weighted by atomic mass is 9.98. The highest BCUT2D eigenvalue weighted by molar-refractivity contribution is 7.89. The van der Waals surface area contributed by atoms with Crippen molar-refractivity contribution in [2.24, 2.45) is 11.8 Å². The number of sulfonamides is 1. The van der Waals surface area contributed by atoms with Crippen LogP contribution in [-0.4, -0.2) is 56.5 Å². The number of carbonyl (C=O) groups excluding carboxylic acids is 1. The second-order valence-electron chi connectivity index (χ2n) is 8.65. The summed E-state index contributed by atoms with van der Waals surface area (Å²) in [5, 5.41) is 0.800. The number of fused-ring (bicyclic) bond motifs is 1. The third-order valence-electron chi connectivity index (χ3n) is 6.39. The number of pyridine rings is 1. The molecule has 7 nitrogen and oxygen atoms in total. The largest absolute Gasteiger partial charge is 0.466 e. The number of esters is 1. The molecule has 31 heavy (non-hydrogen) atoms. The van der Waals surface area contributed by atoms with Crippen molar-refractivity contribution < 1.29 is 17.9 Å². The fourth-order valence-electron chi connectivity index (χ4n) is 4.44. The molecule has 1 aromatic heterocycles. The van der Waals surface area contributed by atoms with Crippen molar-refractivity contribution in [2.75, 3.05) is 37.7 Å². The van der Waals surface area contributed by atoms with E-state index in [4.69, 9.17) is 9.72 Å². The topological polar surface area (TPSA) is 79.8 Å². The van der Waals surface area contributed by atoms with Gasteiger partial charge in [0.05, 0.1) is 22.9 Å². The quantitative estimate of drug-likeness (QED) is 0.656. The van der Waals surface area contributed by atoms with Crippen LogP contribution >= 0.6 is 0 Å². The first kappa shape index (κ1) is 22.0. The van der Waals surface area contributed by atoms with Gasteiger partial charge in [-0.1, -0.05) is 6.92 Å². The fourth-order valence-corrected chi connectivity index (χ4v) is 5.95. The van der Waals surface area contributed by atoms with Crippen LogP contribution in [0.15, 0.2) is 35.2 Å². The van der Waals surface area contributed by atoms with Gasteiger partial charge in [0.25, 0.3) is 0 Å². The first-order chi connectivity index (χ1) is 14.9. The Morgan fingerprint density at radius 1 is 1.13 bits per heavy atom. The normalized spacial score (nSPS) is 21.4. The Morgan fingerprint density at radius 3 is 2.65 bits per heavy atom. The first-order valence-electron chi connectivity index (χ1n) is 11.2. The number of piperidine rings is 2. The molecule has 3 heterocycles. The molecule has 2 aliphatic heterocycles. The number of hydrogen-bond acceptors (Lipinski definition) is 6. The molecule has 1 aromatic carbocycles. The molecule has 8 heteroatoms. The number of nitrogens with zero attached hydrogens (tertiary/aromatic N) is 3. The minimum Gasteiger partial charge on any atom is -0.466 e. The summed E-state index contributed by atoms with van der Waals surface area (Å²) < 4.78 is 32.9. The summed E-state index contributed by atoms with van der Waals surface area (Å²) in [6.07, 6.45) is 3.55. The molecular weight excluding hydrogens is 414 g/mol. The van der Waals surface area contributed by atoms with Gasteiger partial charge in [-0.25, -0.2) is 13.4 Å². The Morgan fingerprint density at radius 2 is 1.90 bits per heavy atom. The number of carbonyl (C=O) groups is 1. The lowest BCUT2D eigenvalue weighted by Crippen LogP contribution is -2.39. The molecule has 0 amide bonds. The molecule has 0 aliphatic carbocycles. The first-order valence-corrected chi connectivity index (χ1v) is 12.6. The molecule has 2 aromatic rings. The van der Waals surface area contributed by atoms with E-state index in [9.17, 15) is 13.2 Å². The lowest BCUT2D eigenvalue weighted by molar-refractivity contribution is -0.148. The van der Waals surface area contributed by atoms with Crippen LogP contribution in [0.3, 0.4) is 0 Å². The molecule has 2 saturated heterocycles. The van der Waals surface area contributed by atoms with E-state index in [1.54, 1.807) is 22.5 Å². The van der Waals surface area contributed by atoms with Gasteiger partial charge in [0.2, 0.25) is 10.0 Å². The standard InChI is InChI=1S/C23H31N3O4S/c1-3-30-23(27)19-5-4-12-25(16-19)22-9-6-18-15-20(7-8-21(18)24-22)31(28,29)26-13-10-17(2)11-14-26/h6-9,15,17,19H,3-5,10-14,16H2,1-2H3/t19-/m1/s1. The Labute approximate surface area is 184 Å². The molecule has 168 valence electrons. The van der Waals surface area contributed by atoms with Crippen LogP contribution in [0.1, 0.15) is 39.5 Å². The van der Waals surface area contributed by atoms with Crippen LogP contribution in [0.4, 0.5) is 5.82 Å². The van der Waals surface area contributed by atoms with Crippen LogP contribution in [0.25, 0.3) is 10.9 Å². The summed E-state index contributed by atoms with van der Waals surface area (Å²) in [4.78, 5) is 19.3.